The van der Waals surface area contributed by atoms with Crippen LogP contribution in [0.2, 0.25) is 0 Å². The molecule has 0 saturated heterocycles. The maximum Gasteiger partial charge on any atom is 0.119 e. The average Bonchev–Trinajstić information content (AvgIpc) is 2.70. The molecule has 0 heterocycles. The minimum atomic E-state index is 0.423. The quantitative estimate of drug-likeness (QED) is 0.862. The van der Waals surface area contributed by atoms with Crippen molar-refractivity contribution in [2.45, 2.75) is 40.7 Å². The van der Waals surface area contributed by atoms with Crippen LogP contribution < -0.4 is 10.1 Å². The first-order valence-electron chi connectivity index (χ1n) is 6.71. The van der Waals surface area contributed by atoms with Crippen molar-refractivity contribution in [1.82, 2.24) is 0 Å². The van der Waals surface area contributed by atoms with Crippen LogP contribution in [0.3, 0.4) is 0 Å². The summed E-state index contributed by atoms with van der Waals surface area (Å²) >= 11 is 0. The lowest BCUT2D eigenvalue weighted by atomic mass is 10.0. The molecule has 2 rings (SSSR count). The first-order valence-corrected chi connectivity index (χ1v) is 6.71. The van der Waals surface area contributed by atoms with Gasteiger partial charge in [0, 0.05) is 11.7 Å². The predicted octanol–water partition coefficient (Wildman–Crippen LogP) is 4.18. The summed E-state index contributed by atoms with van der Waals surface area (Å²) in [7, 11) is 1.69. The molecule has 0 radical (unpaired) electrons. The molecular weight excluding hydrogens is 222 g/mol. The zero-order valence-corrected chi connectivity index (χ0v) is 12.4. The average molecular weight is 247 g/mol. The minimum Gasteiger partial charge on any atom is -0.497 e. The molecule has 1 N–H and O–H groups in total. The molecule has 0 amide bonds. The maximum absolute atomic E-state index is 5.17. The maximum atomic E-state index is 5.17. The van der Waals surface area contributed by atoms with E-state index in [4.69, 9.17) is 4.74 Å². The highest BCUT2D eigenvalue weighted by Crippen LogP contribution is 2.69. The fourth-order valence-electron chi connectivity index (χ4n) is 3.53. The van der Waals surface area contributed by atoms with Gasteiger partial charge in [-0.3, -0.25) is 0 Å². The molecule has 1 saturated carbocycles. The van der Waals surface area contributed by atoms with Crippen molar-refractivity contribution in [2.24, 2.45) is 16.7 Å². The lowest BCUT2D eigenvalue weighted by Gasteiger charge is -2.17. The molecular formula is C16H25NO. The monoisotopic (exact) mass is 247 g/mol. The molecule has 1 aliphatic rings. The molecule has 0 spiro atoms. The number of nitrogens with one attached hydrogen (secondary N) is 1. The number of methoxy groups -OCH3 is 1. The predicted molar refractivity (Wildman–Crippen MR) is 77.1 cm³/mol. The van der Waals surface area contributed by atoms with Crippen LogP contribution in [0.4, 0.5) is 5.69 Å². The minimum absolute atomic E-state index is 0.423. The summed E-state index contributed by atoms with van der Waals surface area (Å²) in [6, 6.07) is 8.65. The Kier molecular flexibility index (Phi) is 3.08. The van der Waals surface area contributed by atoms with E-state index in [1.54, 1.807) is 7.11 Å². The molecule has 1 aromatic rings. The van der Waals surface area contributed by atoms with Gasteiger partial charge in [0.05, 0.1) is 7.11 Å². The molecule has 1 aliphatic carbocycles. The number of benzene rings is 1. The number of hydrogen-bond acceptors (Lipinski definition) is 2. The van der Waals surface area contributed by atoms with Crippen molar-refractivity contribution in [3.05, 3.63) is 24.3 Å². The van der Waals surface area contributed by atoms with Gasteiger partial charge in [0.2, 0.25) is 0 Å². The summed E-state index contributed by atoms with van der Waals surface area (Å²) in [6.45, 7) is 11.7. The molecule has 0 unspecified atom stereocenters. The van der Waals surface area contributed by atoms with E-state index in [0.29, 0.717) is 22.8 Å². The van der Waals surface area contributed by atoms with Gasteiger partial charge in [0.15, 0.2) is 0 Å². The molecule has 0 bridgehead atoms. The molecule has 0 aromatic heterocycles. The second kappa shape index (κ2) is 4.18. The molecule has 2 nitrogen and oxygen atoms in total. The third kappa shape index (κ3) is 1.98. The van der Waals surface area contributed by atoms with E-state index in [0.717, 1.165) is 5.75 Å². The zero-order chi connectivity index (χ0) is 13.6. The van der Waals surface area contributed by atoms with Crippen molar-refractivity contribution < 1.29 is 4.74 Å². The van der Waals surface area contributed by atoms with Crippen LogP contribution in [-0.2, 0) is 0 Å². The standard InChI is InChI=1S/C16H25NO/c1-11(14-15(2,3)16(14,4)5)17-12-7-9-13(18-6)10-8-12/h7-11,14,17H,1-6H3/t11-/m0/s1. The molecule has 100 valence electrons. The first-order chi connectivity index (χ1) is 8.30. The van der Waals surface area contributed by atoms with Gasteiger partial charge in [-0.2, -0.15) is 0 Å². The highest BCUT2D eigenvalue weighted by atomic mass is 16.5. The largest absolute Gasteiger partial charge is 0.497 e. The van der Waals surface area contributed by atoms with Gasteiger partial charge >= 0.3 is 0 Å². The van der Waals surface area contributed by atoms with Crippen molar-refractivity contribution >= 4 is 5.69 Å². The SMILES string of the molecule is COc1ccc(N[C@@H](C)C2C(C)(C)C2(C)C)cc1. The Hall–Kier alpha value is -1.18. The van der Waals surface area contributed by atoms with Gasteiger partial charge in [0.25, 0.3) is 0 Å². The van der Waals surface area contributed by atoms with Crippen molar-refractivity contribution in [3.8, 4) is 5.75 Å². The van der Waals surface area contributed by atoms with Gasteiger partial charge < -0.3 is 10.1 Å². The zero-order valence-electron chi connectivity index (χ0n) is 12.4. The Labute approximate surface area is 111 Å². The number of ether oxygens (including phenoxy) is 1. The van der Waals surface area contributed by atoms with Crippen molar-refractivity contribution in [2.75, 3.05) is 12.4 Å². The Morgan fingerprint density at radius 2 is 1.56 bits per heavy atom. The third-order valence-electron chi connectivity index (χ3n) is 5.12. The van der Waals surface area contributed by atoms with Crippen LogP contribution in [0.25, 0.3) is 0 Å². The van der Waals surface area contributed by atoms with Gasteiger partial charge in [-0.05, 0) is 47.9 Å². The summed E-state index contributed by atoms with van der Waals surface area (Å²) in [4.78, 5) is 0. The van der Waals surface area contributed by atoms with E-state index in [2.05, 4.69) is 52.1 Å². The van der Waals surface area contributed by atoms with Gasteiger partial charge in [-0.25, -0.2) is 0 Å². The van der Waals surface area contributed by atoms with Crippen LogP contribution in [0.1, 0.15) is 34.6 Å². The van der Waals surface area contributed by atoms with E-state index in [9.17, 15) is 0 Å². The summed E-state index contributed by atoms with van der Waals surface area (Å²) < 4.78 is 5.17. The van der Waals surface area contributed by atoms with Crippen LogP contribution in [-0.4, -0.2) is 13.2 Å². The molecule has 0 aliphatic heterocycles. The number of hydrogen-bond donors (Lipinski definition) is 1. The highest BCUT2D eigenvalue weighted by Gasteiger charge is 2.66. The highest BCUT2D eigenvalue weighted by molar-refractivity contribution is 5.47. The summed E-state index contributed by atoms with van der Waals surface area (Å²) in [5, 5.41) is 3.61. The second-order valence-electron chi connectivity index (χ2n) is 6.58. The Balaban J connectivity index is 2.02. The molecule has 1 aromatic carbocycles. The Morgan fingerprint density at radius 3 is 1.94 bits per heavy atom. The summed E-state index contributed by atoms with van der Waals surface area (Å²) in [5.41, 5.74) is 2.01. The third-order valence-corrected chi connectivity index (χ3v) is 5.12. The number of anilines is 1. The summed E-state index contributed by atoms with van der Waals surface area (Å²) in [6.07, 6.45) is 0. The fraction of sp³-hybridized carbons (Fsp3) is 0.625. The van der Waals surface area contributed by atoms with E-state index in [1.165, 1.54) is 5.69 Å². The topological polar surface area (TPSA) is 21.3 Å². The van der Waals surface area contributed by atoms with Crippen molar-refractivity contribution in [1.29, 1.82) is 0 Å². The number of rotatable bonds is 4. The van der Waals surface area contributed by atoms with Gasteiger partial charge in [-0.15, -0.1) is 0 Å². The summed E-state index contributed by atoms with van der Waals surface area (Å²) in [5.74, 6) is 1.62. The molecule has 18 heavy (non-hydrogen) atoms. The Bertz CT molecular complexity index is 405. The van der Waals surface area contributed by atoms with E-state index < -0.39 is 0 Å². The van der Waals surface area contributed by atoms with Crippen LogP contribution >= 0.6 is 0 Å². The van der Waals surface area contributed by atoms with E-state index in [1.807, 2.05) is 12.1 Å². The van der Waals surface area contributed by atoms with Crippen LogP contribution in [0, 0.1) is 16.7 Å². The van der Waals surface area contributed by atoms with Crippen molar-refractivity contribution in [3.63, 3.8) is 0 Å². The van der Waals surface area contributed by atoms with Gasteiger partial charge in [0.1, 0.15) is 5.75 Å². The Morgan fingerprint density at radius 1 is 1.06 bits per heavy atom. The smallest absolute Gasteiger partial charge is 0.119 e. The van der Waals surface area contributed by atoms with Gasteiger partial charge in [-0.1, -0.05) is 27.7 Å². The van der Waals surface area contributed by atoms with Crippen LogP contribution in [0.15, 0.2) is 24.3 Å². The van der Waals surface area contributed by atoms with E-state index in [-0.39, 0.29) is 0 Å². The molecule has 1 fully saturated rings. The molecule has 2 heteroatoms. The van der Waals surface area contributed by atoms with E-state index >= 15 is 0 Å². The van der Waals surface area contributed by atoms with Crippen LogP contribution in [0.5, 0.6) is 5.75 Å². The second-order valence-corrected chi connectivity index (χ2v) is 6.58. The normalized spacial score (nSPS) is 22.3. The lowest BCUT2D eigenvalue weighted by molar-refractivity contribution is 0.415. The first kappa shape index (κ1) is 13.3. The lowest BCUT2D eigenvalue weighted by Crippen LogP contribution is -2.21. The fourth-order valence-corrected chi connectivity index (χ4v) is 3.53. The molecule has 1 atom stereocenters.